The first-order valence-corrected chi connectivity index (χ1v) is 13.3. The highest BCUT2D eigenvalue weighted by Crippen LogP contribution is 2.30. The van der Waals surface area contributed by atoms with Crippen molar-refractivity contribution in [3.8, 4) is 5.69 Å². The molecule has 3 aromatic carbocycles. The number of aromatic nitrogens is 2. The lowest BCUT2D eigenvalue weighted by molar-refractivity contribution is -0.116. The minimum atomic E-state index is -0.508. The first-order chi connectivity index (χ1) is 18.5. The van der Waals surface area contributed by atoms with Gasteiger partial charge in [-0.25, -0.2) is 9.48 Å². The molecule has 4 aromatic rings. The first kappa shape index (κ1) is 28.2. The van der Waals surface area contributed by atoms with Crippen LogP contribution in [0.4, 0.5) is 16.3 Å². The molecule has 0 atom stereocenters. The molecule has 0 fully saturated rings. The van der Waals surface area contributed by atoms with E-state index < -0.39 is 6.03 Å². The summed E-state index contributed by atoms with van der Waals surface area (Å²) in [6.07, 6.45) is 0. The molecule has 0 aliphatic rings. The molecule has 2 N–H and O–H groups in total. The quantitative estimate of drug-likeness (QED) is 0.245. The fourth-order valence-corrected chi connectivity index (χ4v) is 4.37. The van der Waals surface area contributed by atoms with E-state index in [0.29, 0.717) is 15.9 Å². The van der Waals surface area contributed by atoms with Gasteiger partial charge in [0.2, 0.25) is 5.91 Å². The molecule has 3 amide bonds. The summed E-state index contributed by atoms with van der Waals surface area (Å²) in [5.41, 5.74) is 3.68. The van der Waals surface area contributed by atoms with Gasteiger partial charge in [0.25, 0.3) is 0 Å². The van der Waals surface area contributed by atoms with Gasteiger partial charge in [-0.1, -0.05) is 98.1 Å². The molecular formula is C30H31Cl2N5O2. The van der Waals surface area contributed by atoms with Gasteiger partial charge in [0, 0.05) is 18.0 Å². The first-order valence-electron chi connectivity index (χ1n) is 12.5. The zero-order valence-corrected chi connectivity index (χ0v) is 23.8. The van der Waals surface area contributed by atoms with Crippen molar-refractivity contribution in [2.24, 2.45) is 0 Å². The van der Waals surface area contributed by atoms with Gasteiger partial charge in [0.1, 0.15) is 12.4 Å². The van der Waals surface area contributed by atoms with E-state index >= 15 is 0 Å². The number of nitrogens with zero attached hydrogens (tertiary/aromatic N) is 3. The van der Waals surface area contributed by atoms with E-state index in [0.717, 1.165) is 22.5 Å². The minimum Gasteiger partial charge on any atom is -0.311 e. The molecule has 0 aliphatic heterocycles. The molecule has 39 heavy (non-hydrogen) atoms. The third-order valence-electron chi connectivity index (χ3n) is 6.06. The number of carbonyl (C=O) groups is 2. The monoisotopic (exact) mass is 563 g/mol. The zero-order chi connectivity index (χ0) is 28.2. The van der Waals surface area contributed by atoms with Crippen LogP contribution in [0.2, 0.25) is 10.0 Å². The molecule has 1 heterocycles. The Labute approximate surface area is 238 Å². The lowest BCUT2D eigenvalue weighted by atomic mass is 9.92. The maximum Gasteiger partial charge on any atom is 0.322 e. The van der Waals surface area contributed by atoms with Crippen LogP contribution in [0.3, 0.4) is 0 Å². The highest BCUT2D eigenvalue weighted by Gasteiger charge is 2.24. The summed E-state index contributed by atoms with van der Waals surface area (Å²) < 4.78 is 1.71. The second kappa shape index (κ2) is 11.9. The molecule has 1 aromatic heterocycles. The lowest BCUT2D eigenvalue weighted by Crippen LogP contribution is -2.40. The Kier molecular flexibility index (Phi) is 8.63. The fraction of sp³-hybridized carbons (Fsp3) is 0.233. The number of amides is 3. The Morgan fingerprint density at radius 2 is 1.54 bits per heavy atom. The number of nitrogens with one attached hydrogen (secondary N) is 2. The molecular weight excluding hydrogens is 533 g/mol. The molecule has 9 heteroatoms. The standard InChI is InChI=1S/C30H31Cl2N5O2/c1-20-13-15-22(16-14-20)37-26(17-25(35-37)30(2,3)4)33-27(38)19-36(18-21-9-6-5-7-10-21)29(39)34-28-23(31)11-8-12-24(28)32/h5-17H,18-19H2,1-4H3,(H,33,38)(H,34,39). The van der Waals surface area contributed by atoms with Gasteiger partial charge in [-0.15, -0.1) is 0 Å². The topological polar surface area (TPSA) is 79.3 Å². The van der Waals surface area contributed by atoms with Crippen LogP contribution in [0.15, 0.2) is 78.9 Å². The lowest BCUT2D eigenvalue weighted by Gasteiger charge is -2.23. The van der Waals surface area contributed by atoms with Gasteiger partial charge in [-0.2, -0.15) is 5.10 Å². The van der Waals surface area contributed by atoms with Crippen molar-refractivity contribution in [1.29, 1.82) is 0 Å². The minimum absolute atomic E-state index is 0.201. The number of rotatable bonds is 7. The molecule has 7 nitrogen and oxygen atoms in total. The maximum atomic E-state index is 13.4. The van der Waals surface area contributed by atoms with Gasteiger partial charge in [-0.3, -0.25) is 4.79 Å². The van der Waals surface area contributed by atoms with Crippen molar-refractivity contribution in [2.45, 2.75) is 39.7 Å². The molecule has 202 valence electrons. The van der Waals surface area contributed by atoms with E-state index in [1.54, 1.807) is 22.9 Å². The predicted octanol–water partition coefficient (Wildman–Crippen LogP) is 7.46. The molecule has 0 radical (unpaired) electrons. The average molecular weight is 565 g/mol. The van der Waals surface area contributed by atoms with Crippen molar-refractivity contribution < 1.29 is 9.59 Å². The number of para-hydroxylation sites is 1. The third-order valence-corrected chi connectivity index (χ3v) is 6.69. The maximum absolute atomic E-state index is 13.4. The van der Waals surface area contributed by atoms with Crippen molar-refractivity contribution in [2.75, 3.05) is 17.2 Å². The molecule has 0 aliphatic carbocycles. The van der Waals surface area contributed by atoms with E-state index in [-0.39, 0.29) is 30.1 Å². The second-order valence-corrected chi connectivity index (χ2v) is 11.1. The summed E-state index contributed by atoms with van der Waals surface area (Å²) in [5.74, 6) is 0.142. The summed E-state index contributed by atoms with van der Waals surface area (Å²) in [6.45, 7) is 8.18. The highest BCUT2D eigenvalue weighted by atomic mass is 35.5. The molecule has 0 saturated heterocycles. The summed E-state index contributed by atoms with van der Waals surface area (Å²) in [6, 6.07) is 23.6. The van der Waals surface area contributed by atoms with Crippen LogP contribution in [-0.2, 0) is 16.8 Å². The summed E-state index contributed by atoms with van der Waals surface area (Å²) in [5, 5.41) is 11.1. The molecule has 0 spiro atoms. The van der Waals surface area contributed by atoms with Gasteiger partial charge in [0.15, 0.2) is 0 Å². The summed E-state index contributed by atoms with van der Waals surface area (Å²) in [7, 11) is 0. The van der Waals surface area contributed by atoms with Crippen molar-refractivity contribution in [3.63, 3.8) is 0 Å². The van der Waals surface area contributed by atoms with E-state index in [4.69, 9.17) is 28.3 Å². The third kappa shape index (κ3) is 7.19. The number of aryl methyl sites for hydroxylation is 1. The van der Waals surface area contributed by atoms with E-state index in [1.807, 2.05) is 67.6 Å². The van der Waals surface area contributed by atoms with E-state index in [1.165, 1.54) is 4.90 Å². The number of carbonyl (C=O) groups excluding carboxylic acids is 2. The summed E-state index contributed by atoms with van der Waals surface area (Å²) >= 11 is 12.5. The number of halogens is 2. The SMILES string of the molecule is Cc1ccc(-n2nc(C(C)(C)C)cc2NC(=O)CN(Cc2ccccc2)C(=O)Nc2c(Cl)cccc2Cl)cc1. The summed E-state index contributed by atoms with van der Waals surface area (Å²) in [4.78, 5) is 28.1. The van der Waals surface area contributed by atoms with Gasteiger partial charge < -0.3 is 15.5 Å². The Balaban J connectivity index is 1.60. The Morgan fingerprint density at radius 3 is 2.15 bits per heavy atom. The van der Waals surface area contributed by atoms with Gasteiger partial charge in [-0.05, 0) is 36.8 Å². The zero-order valence-electron chi connectivity index (χ0n) is 22.3. The highest BCUT2D eigenvalue weighted by molar-refractivity contribution is 6.39. The predicted molar refractivity (Wildman–Crippen MR) is 158 cm³/mol. The number of benzene rings is 3. The van der Waals surface area contributed by atoms with Crippen molar-refractivity contribution >= 4 is 46.6 Å². The number of hydrogen-bond acceptors (Lipinski definition) is 3. The van der Waals surface area contributed by atoms with Crippen LogP contribution < -0.4 is 10.6 Å². The van der Waals surface area contributed by atoms with E-state index in [2.05, 4.69) is 31.4 Å². The number of anilines is 2. The number of urea groups is 1. The molecule has 0 unspecified atom stereocenters. The van der Waals surface area contributed by atoms with Crippen LogP contribution in [0.1, 0.15) is 37.6 Å². The van der Waals surface area contributed by atoms with Crippen LogP contribution >= 0.6 is 23.2 Å². The van der Waals surface area contributed by atoms with Crippen molar-refractivity contribution in [1.82, 2.24) is 14.7 Å². The van der Waals surface area contributed by atoms with Crippen LogP contribution in [-0.4, -0.2) is 33.2 Å². The van der Waals surface area contributed by atoms with Gasteiger partial charge in [0.05, 0.1) is 27.1 Å². The smallest absolute Gasteiger partial charge is 0.311 e. The van der Waals surface area contributed by atoms with Gasteiger partial charge >= 0.3 is 6.03 Å². The normalized spacial score (nSPS) is 11.2. The van der Waals surface area contributed by atoms with Crippen LogP contribution in [0, 0.1) is 6.92 Å². The number of hydrogen-bond donors (Lipinski definition) is 2. The second-order valence-electron chi connectivity index (χ2n) is 10.3. The van der Waals surface area contributed by atoms with Crippen LogP contribution in [0.25, 0.3) is 5.69 Å². The van der Waals surface area contributed by atoms with Crippen LogP contribution in [0.5, 0.6) is 0 Å². The molecule has 0 bridgehead atoms. The fourth-order valence-electron chi connectivity index (χ4n) is 3.88. The Hall–Kier alpha value is -3.81. The molecule has 0 saturated carbocycles. The Morgan fingerprint density at radius 1 is 0.897 bits per heavy atom. The van der Waals surface area contributed by atoms with Crippen molar-refractivity contribution in [3.05, 3.63) is 106 Å². The molecule has 4 rings (SSSR count). The van der Waals surface area contributed by atoms with E-state index in [9.17, 15) is 9.59 Å². The largest absolute Gasteiger partial charge is 0.322 e. The average Bonchev–Trinajstić information content (AvgIpc) is 3.31. The Bertz CT molecular complexity index is 1440.